The van der Waals surface area contributed by atoms with Gasteiger partial charge in [-0.05, 0) is 53.5 Å². The number of carbonyl (C=O) groups excluding carboxylic acids is 1. The SMILES string of the molecule is Cc1cc(C)n(CC2CCCN2C(=O)C(C)c2c(C)noc2C)n1. The fourth-order valence-corrected chi connectivity index (χ4v) is 3.86. The highest BCUT2D eigenvalue weighted by molar-refractivity contribution is 5.84. The van der Waals surface area contributed by atoms with E-state index in [1.54, 1.807) is 0 Å². The lowest BCUT2D eigenvalue weighted by Gasteiger charge is -2.28. The van der Waals surface area contributed by atoms with E-state index in [2.05, 4.69) is 23.2 Å². The van der Waals surface area contributed by atoms with Crippen molar-refractivity contribution in [3.05, 3.63) is 34.5 Å². The van der Waals surface area contributed by atoms with Gasteiger partial charge in [-0.15, -0.1) is 0 Å². The van der Waals surface area contributed by atoms with E-state index in [4.69, 9.17) is 4.52 Å². The molecule has 1 fully saturated rings. The maximum absolute atomic E-state index is 13.1. The normalized spacial score (nSPS) is 19.0. The number of hydrogen-bond donors (Lipinski definition) is 0. The molecule has 6 heteroatoms. The predicted octanol–water partition coefficient (Wildman–Crippen LogP) is 2.90. The van der Waals surface area contributed by atoms with Crippen molar-refractivity contribution in [2.75, 3.05) is 6.54 Å². The maximum Gasteiger partial charge on any atom is 0.230 e. The molecule has 0 radical (unpaired) electrons. The Morgan fingerprint density at radius 3 is 2.71 bits per heavy atom. The first-order chi connectivity index (χ1) is 11.4. The summed E-state index contributed by atoms with van der Waals surface area (Å²) in [5.74, 6) is 0.674. The molecule has 2 aromatic rings. The molecule has 24 heavy (non-hydrogen) atoms. The third-order valence-corrected chi connectivity index (χ3v) is 5.04. The molecule has 0 aromatic carbocycles. The topological polar surface area (TPSA) is 64.2 Å². The summed E-state index contributed by atoms with van der Waals surface area (Å²) in [5.41, 5.74) is 3.90. The molecule has 2 unspecified atom stereocenters. The second-order valence-electron chi connectivity index (χ2n) is 6.90. The largest absolute Gasteiger partial charge is 0.361 e. The number of nitrogens with zero attached hydrogens (tertiary/aromatic N) is 4. The molecule has 0 spiro atoms. The number of carbonyl (C=O) groups is 1. The van der Waals surface area contributed by atoms with Crippen molar-refractivity contribution in [2.24, 2.45) is 0 Å². The zero-order chi connectivity index (χ0) is 17.4. The minimum atomic E-state index is -0.225. The number of likely N-dealkylation sites (tertiary alicyclic amines) is 1. The molecule has 0 aliphatic carbocycles. The summed E-state index contributed by atoms with van der Waals surface area (Å²) in [4.78, 5) is 15.1. The minimum absolute atomic E-state index is 0.161. The Kier molecular flexibility index (Phi) is 4.47. The van der Waals surface area contributed by atoms with Crippen LogP contribution in [-0.4, -0.2) is 38.3 Å². The average Bonchev–Trinajstić information content (AvgIpc) is 3.19. The van der Waals surface area contributed by atoms with Gasteiger partial charge in [-0.3, -0.25) is 9.48 Å². The molecule has 6 nitrogen and oxygen atoms in total. The van der Waals surface area contributed by atoms with Gasteiger partial charge in [-0.25, -0.2) is 0 Å². The number of amides is 1. The summed E-state index contributed by atoms with van der Waals surface area (Å²) in [5, 5.41) is 8.53. The number of aryl methyl sites for hydroxylation is 4. The van der Waals surface area contributed by atoms with E-state index in [9.17, 15) is 4.79 Å². The van der Waals surface area contributed by atoms with Crippen LogP contribution in [0.5, 0.6) is 0 Å². The van der Waals surface area contributed by atoms with Gasteiger partial charge in [0.05, 0.1) is 29.9 Å². The van der Waals surface area contributed by atoms with Crippen molar-refractivity contribution in [3.8, 4) is 0 Å². The Morgan fingerprint density at radius 1 is 1.38 bits per heavy atom. The van der Waals surface area contributed by atoms with Crippen molar-refractivity contribution in [3.63, 3.8) is 0 Å². The molecular formula is C18H26N4O2. The van der Waals surface area contributed by atoms with Crippen LogP contribution < -0.4 is 0 Å². The van der Waals surface area contributed by atoms with Crippen LogP contribution in [0.15, 0.2) is 10.6 Å². The molecule has 3 heterocycles. The second-order valence-corrected chi connectivity index (χ2v) is 6.90. The quantitative estimate of drug-likeness (QED) is 0.864. The summed E-state index contributed by atoms with van der Waals surface area (Å²) >= 11 is 0. The van der Waals surface area contributed by atoms with Gasteiger partial charge in [0, 0.05) is 17.8 Å². The Bertz CT molecular complexity index is 727. The summed E-state index contributed by atoms with van der Waals surface area (Å²) < 4.78 is 7.26. The first kappa shape index (κ1) is 16.7. The maximum atomic E-state index is 13.1. The Hall–Kier alpha value is -2.11. The van der Waals surface area contributed by atoms with E-state index < -0.39 is 0 Å². The Labute approximate surface area is 142 Å². The number of rotatable bonds is 4. The van der Waals surface area contributed by atoms with Gasteiger partial charge in [0.2, 0.25) is 5.91 Å². The third kappa shape index (κ3) is 2.97. The average molecular weight is 330 g/mol. The molecule has 2 atom stereocenters. The Balaban J connectivity index is 1.77. The van der Waals surface area contributed by atoms with Crippen LogP contribution in [0.3, 0.4) is 0 Å². The molecule has 2 aromatic heterocycles. The summed E-state index contributed by atoms with van der Waals surface area (Å²) in [7, 11) is 0. The highest BCUT2D eigenvalue weighted by Gasteiger charge is 2.34. The Morgan fingerprint density at radius 2 is 2.12 bits per heavy atom. The molecule has 1 amide bonds. The lowest BCUT2D eigenvalue weighted by atomic mass is 9.97. The molecule has 0 N–H and O–H groups in total. The molecule has 1 aliphatic rings. The van der Waals surface area contributed by atoms with Crippen molar-refractivity contribution in [1.29, 1.82) is 0 Å². The second kappa shape index (κ2) is 6.42. The van der Waals surface area contributed by atoms with Gasteiger partial charge in [-0.2, -0.15) is 5.10 Å². The first-order valence-electron chi connectivity index (χ1n) is 8.62. The van der Waals surface area contributed by atoms with E-state index in [0.717, 1.165) is 54.3 Å². The predicted molar refractivity (Wildman–Crippen MR) is 90.8 cm³/mol. The third-order valence-electron chi connectivity index (χ3n) is 5.04. The van der Waals surface area contributed by atoms with Crippen LogP contribution in [0.25, 0.3) is 0 Å². The lowest BCUT2D eigenvalue weighted by Crippen LogP contribution is -2.40. The summed E-state index contributed by atoms with van der Waals surface area (Å²) in [6, 6.07) is 2.28. The highest BCUT2D eigenvalue weighted by Crippen LogP contribution is 2.29. The van der Waals surface area contributed by atoms with E-state index in [1.807, 2.05) is 37.3 Å². The molecular weight excluding hydrogens is 304 g/mol. The van der Waals surface area contributed by atoms with E-state index in [0.29, 0.717) is 0 Å². The molecule has 0 saturated carbocycles. The van der Waals surface area contributed by atoms with Gasteiger partial charge >= 0.3 is 0 Å². The summed E-state index contributed by atoms with van der Waals surface area (Å²) in [6.07, 6.45) is 2.07. The number of hydrogen-bond acceptors (Lipinski definition) is 4. The molecule has 130 valence electrons. The van der Waals surface area contributed by atoms with Gasteiger partial charge < -0.3 is 9.42 Å². The van der Waals surface area contributed by atoms with Crippen molar-refractivity contribution in [2.45, 2.75) is 66.0 Å². The van der Waals surface area contributed by atoms with Crippen molar-refractivity contribution in [1.82, 2.24) is 19.8 Å². The zero-order valence-corrected chi connectivity index (χ0v) is 15.2. The fraction of sp³-hybridized carbons (Fsp3) is 0.611. The molecule has 0 bridgehead atoms. The van der Waals surface area contributed by atoms with Crippen molar-refractivity contribution >= 4 is 5.91 Å². The van der Waals surface area contributed by atoms with Gasteiger partial charge in [0.25, 0.3) is 0 Å². The summed E-state index contributed by atoms with van der Waals surface area (Å²) in [6.45, 7) is 11.4. The first-order valence-corrected chi connectivity index (χ1v) is 8.62. The van der Waals surface area contributed by atoms with Crippen LogP contribution in [-0.2, 0) is 11.3 Å². The van der Waals surface area contributed by atoms with Crippen LogP contribution in [0.2, 0.25) is 0 Å². The standard InChI is InChI=1S/C18H26N4O2/c1-11-9-12(2)22(19-11)10-16-7-6-8-21(16)18(23)13(3)17-14(4)20-24-15(17)5/h9,13,16H,6-8,10H2,1-5H3. The smallest absolute Gasteiger partial charge is 0.230 e. The van der Waals surface area contributed by atoms with Crippen LogP contribution in [0.1, 0.15) is 54.1 Å². The number of aromatic nitrogens is 3. The van der Waals surface area contributed by atoms with Crippen LogP contribution in [0.4, 0.5) is 0 Å². The fourth-order valence-electron chi connectivity index (χ4n) is 3.86. The zero-order valence-electron chi connectivity index (χ0n) is 15.2. The monoisotopic (exact) mass is 330 g/mol. The molecule has 1 saturated heterocycles. The van der Waals surface area contributed by atoms with E-state index >= 15 is 0 Å². The van der Waals surface area contributed by atoms with Gasteiger partial charge in [0.15, 0.2) is 0 Å². The molecule has 1 aliphatic heterocycles. The highest BCUT2D eigenvalue weighted by atomic mass is 16.5. The van der Waals surface area contributed by atoms with Crippen LogP contribution in [0, 0.1) is 27.7 Å². The molecule has 3 rings (SSSR count). The van der Waals surface area contributed by atoms with Gasteiger partial charge in [-0.1, -0.05) is 5.16 Å². The minimum Gasteiger partial charge on any atom is -0.361 e. The van der Waals surface area contributed by atoms with Crippen LogP contribution >= 0.6 is 0 Å². The lowest BCUT2D eigenvalue weighted by molar-refractivity contribution is -0.133. The van der Waals surface area contributed by atoms with Gasteiger partial charge in [0.1, 0.15) is 5.76 Å². The van der Waals surface area contributed by atoms with E-state index in [-0.39, 0.29) is 17.9 Å². The van der Waals surface area contributed by atoms with E-state index in [1.165, 1.54) is 0 Å². The van der Waals surface area contributed by atoms with Crippen molar-refractivity contribution < 1.29 is 9.32 Å².